The van der Waals surface area contributed by atoms with E-state index in [1.54, 1.807) is 4.90 Å². The second kappa shape index (κ2) is 14.4. The molecule has 4 heterocycles. The maximum absolute atomic E-state index is 12.2. The van der Waals surface area contributed by atoms with Crippen LogP contribution in [-0.4, -0.2) is 89.0 Å². The van der Waals surface area contributed by atoms with E-state index in [2.05, 4.69) is 51.9 Å². The van der Waals surface area contributed by atoms with Gasteiger partial charge in [0.2, 0.25) is 5.88 Å². The first-order chi connectivity index (χ1) is 22.2. The van der Waals surface area contributed by atoms with Crippen LogP contribution in [0.4, 0.5) is 4.79 Å². The zero-order valence-corrected chi connectivity index (χ0v) is 27.4. The van der Waals surface area contributed by atoms with Crippen molar-refractivity contribution >= 4 is 27.9 Å². The molecule has 0 N–H and O–H groups in total. The molecule has 4 aromatic rings. The van der Waals surface area contributed by atoms with Crippen LogP contribution in [-0.2, 0) is 26.0 Å². The van der Waals surface area contributed by atoms with Crippen LogP contribution in [0.3, 0.4) is 0 Å². The predicted octanol–water partition coefficient (Wildman–Crippen LogP) is 6.54. The van der Waals surface area contributed by atoms with Crippen LogP contribution in [0, 0.1) is 0 Å². The molecular formula is C36H46N4O6. The van der Waals surface area contributed by atoms with Crippen molar-refractivity contribution in [3.63, 3.8) is 0 Å². The van der Waals surface area contributed by atoms with E-state index >= 15 is 0 Å². The standard InChI is InChI=1S/C36H46N4O6/c1-36(2,3)46-35(41)40-14-11-27(12-15-40)44-19-18-42-16-5-17-43-28-21-29(22-28)45-34-9-7-26(23-38-34)25-6-8-30-31-24-37-13-10-32(31)39(4)33(30)20-25/h6-10,13,20,23-24,27-29H,5,11-12,14-19,21-22H2,1-4H3/t28-,29-. The molecule has 1 saturated heterocycles. The molecule has 246 valence electrons. The first-order valence-corrected chi connectivity index (χ1v) is 16.5. The van der Waals surface area contributed by atoms with Crippen molar-refractivity contribution in [2.75, 3.05) is 39.5 Å². The van der Waals surface area contributed by atoms with Gasteiger partial charge in [0.15, 0.2) is 0 Å². The Morgan fingerprint density at radius 2 is 1.63 bits per heavy atom. The zero-order chi connectivity index (χ0) is 32.1. The molecule has 2 fully saturated rings. The molecule has 1 aliphatic carbocycles. The van der Waals surface area contributed by atoms with Crippen molar-refractivity contribution in [1.29, 1.82) is 0 Å². The lowest BCUT2D eigenvalue weighted by molar-refractivity contribution is -0.0685. The van der Waals surface area contributed by atoms with Gasteiger partial charge in [-0.25, -0.2) is 9.78 Å². The van der Waals surface area contributed by atoms with Crippen LogP contribution < -0.4 is 4.74 Å². The molecule has 0 atom stereocenters. The molecule has 1 aliphatic heterocycles. The molecule has 46 heavy (non-hydrogen) atoms. The molecule has 0 unspecified atom stereocenters. The minimum Gasteiger partial charge on any atom is -0.474 e. The largest absolute Gasteiger partial charge is 0.474 e. The van der Waals surface area contributed by atoms with Crippen LogP contribution >= 0.6 is 0 Å². The fourth-order valence-corrected chi connectivity index (χ4v) is 6.09. The highest BCUT2D eigenvalue weighted by molar-refractivity contribution is 6.08. The van der Waals surface area contributed by atoms with Crippen molar-refractivity contribution in [3.8, 4) is 17.0 Å². The number of nitrogens with zero attached hydrogens (tertiary/aromatic N) is 4. The number of pyridine rings is 2. The van der Waals surface area contributed by atoms with E-state index in [9.17, 15) is 4.79 Å². The predicted molar refractivity (Wildman–Crippen MR) is 177 cm³/mol. The third kappa shape index (κ3) is 7.97. The molecule has 1 aromatic carbocycles. The van der Waals surface area contributed by atoms with E-state index in [0.29, 0.717) is 45.4 Å². The van der Waals surface area contributed by atoms with Gasteiger partial charge in [0.05, 0.1) is 30.9 Å². The third-order valence-electron chi connectivity index (χ3n) is 8.68. The van der Waals surface area contributed by atoms with Crippen LogP contribution in [0.1, 0.15) is 52.9 Å². The van der Waals surface area contributed by atoms with E-state index < -0.39 is 5.60 Å². The minimum absolute atomic E-state index is 0.133. The number of aromatic nitrogens is 3. The van der Waals surface area contributed by atoms with Gasteiger partial charge in [-0.15, -0.1) is 0 Å². The summed E-state index contributed by atoms with van der Waals surface area (Å²) in [4.78, 5) is 22.8. The summed E-state index contributed by atoms with van der Waals surface area (Å²) in [5.74, 6) is 0.646. The Labute approximate surface area is 270 Å². The highest BCUT2D eigenvalue weighted by Gasteiger charge is 2.32. The number of amides is 1. The van der Waals surface area contributed by atoms with Crippen molar-refractivity contribution in [1.82, 2.24) is 19.4 Å². The Balaban J connectivity index is 0.817. The highest BCUT2D eigenvalue weighted by atomic mass is 16.6. The average Bonchev–Trinajstić information content (AvgIpc) is 3.31. The smallest absolute Gasteiger partial charge is 0.410 e. The molecule has 0 bridgehead atoms. The number of benzene rings is 1. The minimum atomic E-state index is -0.469. The zero-order valence-electron chi connectivity index (χ0n) is 27.4. The SMILES string of the molecule is Cn1c2ccncc2c2ccc(-c3ccc(O[C@H]4C[C@H](OCCCOCCOC5CCN(C(=O)OC(C)(C)C)CC5)C4)nc3)cc21. The number of hydrogen-bond acceptors (Lipinski definition) is 8. The van der Waals surface area contributed by atoms with Gasteiger partial charge in [0.25, 0.3) is 0 Å². The van der Waals surface area contributed by atoms with E-state index in [0.717, 1.165) is 48.6 Å². The van der Waals surface area contributed by atoms with Gasteiger partial charge in [-0.2, -0.15) is 0 Å². The summed E-state index contributed by atoms with van der Waals surface area (Å²) >= 11 is 0. The number of fused-ring (bicyclic) bond motifs is 3. The van der Waals surface area contributed by atoms with Gasteiger partial charge < -0.3 is 33.2 Å². The first-order valence-electron chi connectivity index (χ1n) is 16.5. The average molecular weight is 631 g/mol. The first kappa shape index (κ1) is 32.2. The van der Waals surface area contributed by atoms with Gasteiger partial charge in [-0.05, 0) is 63.8 Å². The number of rotatable bonds is 12. The van der Waals surface area contributed by atoms with E-state index in [1.165, 1.54) is 16.4 Å². The van der Waals surface area contributed by atoms with Crippen LogP contribution in [0.25, 0.3) is 32.9 Å². The summed E-state index contributed by atoms with van der Waals surface area (Å²) in [6.07, 6.45) is 10.2. The van der Waals surface area contributed by atoms with Gasteiger partial charge in [-0.1, -0.05) is 12.1 Å². The molecule has 2 aliphatic rings. The fraction of sp³-hybridized carbons (Fsp3) is 0.528. The normalized spacial score (nSPS) is 19.0. The Bertz CT molecular complexity index is 1600. The number of piperidine rings is 1. The summed E-state index contributed by atoms with van der Waals surface area (Å²) in [5, 5.41) is 2.37. The van der Waals surface area contributed by atoms with Crippen molar-refractivity contribution in [2.45, 2.75) is 76.8 Å². The van der Waals surface area contributed by atoms with Crippen molar-refractivity contribution < 1.29 is 28.5 Å². The van der Waals surface area contributed by atoms with Crippen molar-refractivity contribution in [2.24, 2.45) is 7.05 Å². The number of carbonyl (C=O) groups is 1. The molecule has 10 heteroatoms. The van der Waals surface area contributed by atoms with Gasteiger partial charge >= 0.3 is 6.09 Å². The van der Waals surface area contributed by atoms with Gasteiger partial charge in [0.1, 0.15) is 11.7 Å². The second-order valence-corrected chi connectivity index (χ2v) is 13.3. The van der Waals surface area contributed by atoms with Crippen LogP contribution in [0.2, 0.25) is 0 Å². The molecule has 0 spiro atoms. The Hall–Kier alpha value is -3.73. The third-order valence-corrected chi connectivity index (χ3v) is 8.68. The van der Waals surface area contributed by atoms with E-state index in [-0.39, 0.29) is 24.4 Å². The molecule has 0 radical (unpaired) electrons. The molecule has 3 aromatic heterocycles. The topological polar surface area (TPSA) is 97.2 Å². The van der Waals surface area contributed by atoms with Gasteiger partial charge in [-0.3, -0.25) is 4.98 Å². The molecular weight excluding hydrogens is 584 g/mol. The van der Waals surface area contributed by atoms with E-state index in [4.69, 9.17) is 23.7 Å². The Morgan fingerprint density at radius 3 is 2.39 bits per heavy atom. The van der Waals surface area contributed by atoms with Crippen LogP contribution in [0.5, 0.6) is 5.88 Å². The summed E-state index contributed by atoms with van der Waals surface area (Å²) in [6.45, 7) is 9.43. The lowest BCUT2D eigenvalue weighted by Crippen LogP contribution is -2.43. The maximum Gasteiger partial charge on any atom is 0.410 e. The Kier molecular flexibility index (Phi) is 10.1. The molecule has 1 amide bonds. The summed E-state index contributed by atoms with van der Waals surface area (Å²) < 4.78 is 31.4. The molecule has 1 saturated carbocycles. The summed E-state index contributed by atoms with van der Waals surface area (Å²) in [5.41, 5.74) is 4.06. The molecule has 6 rings (SSSR count). The fourth-order valence-electron chi connectivity index (χ4n) is 6.09. The quantitative estimate of drug-likeness (QED) is 0.163. The number of aryl methyl sites for hydroxylation is 1. The highest BCUT2D eigenvalue weighted by Crippen LogP contribution is 2.32. The second-order valence-electron chi connectivity index (χ2n) is 13.3. The maximum atomic E-state index is 12.2. The van der Waals surface area contributed by atoms with Crippen LogP contribution in [0.15, 0.2) is 55.0 Å². The molecule has 10 nitrogen and oxygen atoms in total. The van der Waals surface area contributed by atoms with E-state index in [1.807, 2.05) is 45.4 Å². The number of carbonyl (C=O) groups excluding carboxylic acids is 1. The summed E-state index contributed by atoms with van der Waals surface area (Å²) in [7, 11) is 2.09. The monoisotopic (exact) mass is 630 g/mol. The summed E-state index contributed by atoms with van der Waals surface area (Å²) in [6, 6.07) is 12.6. The lowest BCUT2D eigenvalue weighted by atomic mass is 9.92. The number of ether oxygens (including phenoxy) is 5. The van der Waals surface area contributed by atoms with Crippen molar-refractivity contribution in [3.05, 3.63) is 55.0 Å². The number of hydrogen-bond donors (Lipinski definition) is 0. The lowest BCUT2D eigenvalue weighted by Gasteiger charge is -2.34. The number of likely N-dealkylation sites (tertiary alicyclic amines) is 1. The van der Waals surface area contributed by atoms with Gasteiger partial charge in [0, 0.05) is 92.7 Å². The Morgan fingerprint density at radius 1 is 0.848 bits per heavy atom.